The van der Waals surface area contributed by atoms with Crippen LogP contribution < -0.4 is 0 Å². The topological polar surface area (TPSA) is 0 Å². The van der Waals surface area contributed by atoms with E-state index in [2.05, 4.69) is 74.7 Å². The first-order valence-electron chi connectivity index (χ1n) is 6.50. The lowest BCUT2D eigenvalue weighted by molar-refractivity contribution is 0.189. The van der Waals surface area contributed by atoms with Gasteiger partial charge in [0.15, 0.2) is 0 Å². The Bertz CT molecular complexity index is 207. The number of hydrogen-bond acceptors (Lipinski definition) is 0. The number of rotatable bonds is 1. The predicted molar refractivity (Wildman–Crippen MR) is 97.3 cm³/mol. The van der Waals surface area contributed by atoms with E-state index in [1.54, 1.807) is 0 Å². The van der Waals surface area contributed by atoms with E-state index in [4.69, 9.17) is 0 Å². The van der Waals surface area contributed by atoms with Gasteiger partial charge in [0.2, 0.25) is 0 Å². The molecule has 0 radical (unpaired) electrons. The van der Waals surface area contributed by atoms with Crippen LogP contribution in [0.3, 0.4) is 0 Å². The van der Waals surface area contributed by atoms with Crippen molar-refractivity contribution in [1.29, 1.82) is 0 Å². The van der Waals surface area contributed by atoms with E-state index >= 15 is 0 Å². The third-order valence-corrected chi connectivity index (χ3v) is 10.5. The van der Waals surface area contributed by atoms with E-state index in [-0.39, 0.29) is 0 Å². The van der Waals surface area contributed by atoms with Gasteiger partial charge in [-0.25, -0.2) is 0 Å². The minimum Gasteiger partial charge on any atom is -0.0823 e. The van der Waals surface area contributed by atoms with Crippen LogP contribution in [0.15, 0.2) is 0 Å². The second-order valence-corrected chi connectivity index (χ2v) is 10.5. The molecule has 6 unspecified atom stereocenters. The summed E-state index contributed by atoms with van der Waals surface area (Å²) >= 11 is 8.06. The molecule has 0 amide bonds. The highest BCUT2D eigenvalue weighted by molar-refractivity contribution is 14.1. The number of alkyl halides is 3. The molecule has 2 rings (SSSR count). The van der Waals surface area contributed by atoms with Crippen molar-refractivity contribution in [2.45, 2.75) is 57.2 Å². The molecule has 6 atom stereocenters. The predicted octanol–water partition coefficient (Wildman–Crippen LogP) is 5.63. The van der Waals surface area contributed by atoms with Crippen LogP contribution >= 0.6 is 67.8 Å². The van der Waals surface area contributed by atoms with Crippen LogP contribution in [0, 0.1) is 17.8 Å². The van der Waals surface area contributed by atoms with Crippen molar-refractivity contribution in [3.05, 3.63) is 0 Å². The summed E-state index contributed by atoms with van der Waals surface area (Å²) in [6.45, 7) is 2.44. The van der Waals surface area contributed by atoms with Gasteiger partial charge in [-0.15, -0.1) is 0 Å². The van der Waals surface area contributed by atoms with Crippen molar-refractivity contribution >= 4 is 67.8 Å². The molecule has 2 saturated carbocycles. The van der Waals surface area contributed by atoms with Gasteiger partial charge in [0.25, 0.3) is 0 Å². The minimum atomic E-state index is 0.934. The normalized spacial score (nSPS) is 50.2. The Morgan fingerprint density at radius 3 is 1.81 bits per heavy atom. The van der Waals surface area contributed by atoms with Crippen LogP contribution in [0.5, 0.6) is 0 Å². The average Bonchev–Trinajstić information content (AvgIpc) is 2.26. The van der Waals surface area contributed by atoms with Crippen LogP contribution in [-0.2, 0) is 0 Å². The lowest BCUT2D eigenvalue weighted by Gasteiger charge is -2.40. The summed E-state index contributed by atoms with van der Waals surface area (Å²) in [4.78, 5) is 0. The molecule has 2 aliphatic carbocycles. The van der Waals surface area contributed by atoms with Crippen molar-refractivity contribution in [1.82, 2.24) is 0 Å². The van der Waals surface area contributed by atoms with Crippen molar-refractivity contribution in [2.24, 2.45) is 17.8 Å². The van der Waals surface area contributed by atoms with Gasteiger partial charge in [-0.2, -0.15) is 0 Å². The first-order chi connectivity index (χ1) is 7.58. The molecule has 2 aliphatic rings. The third kappa shape index (κ3) is 3.61. The Labute approximate surface area is 141 Å². The first-order valence-corrected chi connectivity index (χ1v) is 10.2. The highest BCUT2D eigenvalue weighted by Crippen LogP contribution is 2.44. The fourth-order valence-electron chi connectivity index (χ4n) is 3.26. The maximum absolute atomic E-state index is 2.70. The summed E-state index contributed by atoms with van der Waals surface area (Å²) in [5.41, 5.74) is 0. The van der Waals surface area contributed by atoms with Crippen LogP contribution in [0.2, 0.25) is 0 Å². The van der Waals surface area contributed by atoms with Gasteiger partial charge in [0.1, 0.15) is 0 Å². The Balaban J connectivity index is 1.88. The maximum Gasteiger partial charge on any atom is 0.0230 e. The third-order valence-electron chi connectivity index (χ3n) is 4.54. The summed E-state index contributed by atoms with van der Waals surface area (Å²) in [5.74, 6) is 3.07. The fourth-order valence-corrected chi connectivity index (χ4v) is 5.94. The Hall–Kier alpha value is 2.19. The zero-order chi connectivity index (χ0) is 11.7. The molecule has 0 aliphatic heterocycles. The lowest BCUT2D eigenvalue weighted by atomic mass is 9.71. The average molecular weight is 558 g/mol. The SMILES string of the molecule is CC1CCC(C2CCC(I)C(I)C2)CC1I. The largest absolute Gasteiger partial charge is 0.0823 e. The van der Waals surface area contributed by atoms with Crippen LogP contribution in [0.1, 0.15) is 45.4 Å². The zero-order valence-corrected chi connectivity index (χ0v) is 16.3. The van der Waals surface area contributed by atoms with Gasteiger partial charge in [-0.1, -0.05) is 74.7 Å². The molecule has 0 spiro atoms. The molecule has 0 aromatic rings. The summed E-state index contributed by atoms with van der Waals surface area (Å²) in [6, 6.07) is 0. The highest BCUT2D eigenvalue weighted by Gasteiger charge is 2.35. The fraction of sp³-hybridized carbons (Fsp3) is 1.00. The van der Waals surface area contributed by atoms with E-state index < -0.39 is 0 Å². The van der Waals surface area contributed by atoms with Crippen molar-refractivity contribution in [3.63, 3.8) is 0 Å². The van der Waals surface area contributed by atoms with E-state index in [1.807, 2.05) is 0 Å². The molecular formula is C13H21I3. The van der Waals surface area contributed by atoms with Gasteiger partial charge in [0, 0.05) is 11.8 Å². The zero-order valence-electron chi connectivity index (χ0n) is 9.84. The molecular weight excluding hydrogens is 537 g/mol. The van der Waals surface area contributed by atoms with Gasteiger partial charge in [-0.3, -0.25) is 0 Å². The van der Waals surface area contributed by atoms with Crippen LogP contribution in [0.4, 0.5) is 0 Å². The van der Waals surface area contributed by atoms with Gasteiger partial charge >= 0.3 is 0 Å². The summed E-state index contributed by atoms with van der Waals surface area (Å²) < 4.78 is 2.82. The molecule has 0 bridgehead atoms. The second-order valence-electron chi connectivity index (χ2n) is 5.67. The van der Waals surface area contributed by atoms with Crippen molar-refractivity contribution in [3.8, 4) is 0 Å². The van der Waals surface area contributed by atoms with Gasteiger partial charge < -0.3 is 0 Å². The smallest absolute Gasteiger partial charge is 0.0230 e. The molecule has 0 saturated heterocycles. The first kappa shape index (κ1) is 14.6. The van der Waals surface area contributed by atoms with E-state index in [9.17, 15) is 0 Å². The Morgan fingerprint density at radius 1 is 0.688 bits per heavy atom. The second kappa shape index (κ2) is 6.57. The monoisotopic (exact) mass is 558 g/mol. The number of hydrogen-bond donors (Lipinski definition) is 0. The summed E-state index contributed by atoms with van der Waals surface area (Å²) in [5, 5.41) is 0. The highest BCUT2D eigenvalue weighted by atomic mass is 127. The standard InChI is InChI=1S/C13H21I3/c1-8-2-3-9(6-12(8)15)10-4-5-11(14)13(16)7-10/h8-13H,2-7H2,1H3. The Morgan fingerprint density at radius 2 is 1.25 bits per heavy atom. The molecule has 0 heterocycles. The minimum absolute atomic E-state index is 0.934. The van der Waals surface area contributed by atoms with Gasteiger partial charge in [-0.05, 0) is 56.3 Å². The molecule has 0 aromatic heterocycles. The molecule has 2 fully saturated rings. The molecule has 16 heavy (non-hydrogen) atoms. The molecule has 0 N–H and O–H groups in total. The molecule has 0 aromatic carbocycles. The maximum atomic E-state index is 2.70. The van der Waals surface area contributed by atoms with Crippen molar-refractivity contribution < 1.29 is 0 Å². The van der Waals surface area contributed by atoms with Gasteiger partial charge in [0.05, 0.1) is 0 Å². The molecule has 0 nitrogen and oxygen atoms in total. The molecule has 94 valence electrons. The van der Waals surface area contributed by atoms with Crippen LogP contribution in [0.25, 0.3) is 0 Å². The van der Waals surface area contributed by atoms with Crippen molar-refractivity contribution in [2.75, 3.05) is 0 Å². The molecule has 3 heteroatoms. The van der Waals surface area contributed by atoms with E-state index in [0.717, 1.165) is 29.5 Å². The van der Waals surface area contributed by atoms with Crippen LogP contribution in [-0.4, -0.2) is 11.8 Å². The van der Waals surface area contributed by atoms with E-state index in [1.165, 1.54) is 38.5 Å². The summed E-state index contributed by atoms with van der Waals surface area (Å²) in [6.07, 6.45) is 8.97. The quantitative estimate of drug-likeness (QED) is 0.289. The van der Waals surface area contributed by atoms with E-state index in [0.29, 0.717) is 0 Å². The lowest BCUT2D eigenvalue weighted by Crippen LogP contribution is -2.33. The number of halogens is 3. The summed E-state index contributed by atoms with van der Waals surface area (Å²) in [7, 11) is 0. The Kier molecular flexibility index (Phi) is 5.99.